The van der Waals surface area contributed by atoms with Gasteiger partial charge in [-0.15, -0.1) is 0 Å². The molecule has 17 heavy (non-hydrogen) atoms. The lowest BCUT2D eigenvalue weighted by molar-refractivity contribution is 1.04. The topological polar surface area (TPSA) is 76.9 Å². The van der Waals surface area contributed by atoms with Crippen LogP contribution >= 0.6 is 11.6 Å². The Kier molecular flexibility index (Phi) is 3.26. The lowest BCUT2D eigenvalue weighted by Crippen LogP contribution is -2.19. The molecule has 86 valence electrons. The van der Waals surface area contributed by atoms with Crippen LogP contribution in [0.2, 0.25) is 0 Å². The molecule has 2 N–H and O–H groups in total. The number of aryl methyl sites for hydroxylation is 1. The number of amidine groups is 1. The van der Waals surface area contributed by atoms with Crippen molar-refractivity contribution in [3.05, 3.63) is 34.6 Å². The predicted octanol–water partition coefficient (Wildman–Crippen LogP) is 2.27. The van der Waals surface area contributed by atoms with Crippen LogP contribution in [0.15, 0.2) is 33.9 Å². The summed E-state index contributed by atoms with van der Waals surface area (Å²) in [6.07, 6.45) is 4.08. The quantitative estimate of drug-likeness (QED) is 0.748. The summed E-state index contributed by atoms with van der Waals surface area (Å²) in [7, 11) is 0. The highest BCUT2D eigenvalue weighted by molar-refractivity contribution is 6.31. The molecule has 0 atom stereocenters. The summed E-state index contributed by atoms with van der Waals surface area (Å²) in [4.78, 5) is 4.30. The zero-order valence-corrected chi connectivity index (χ0v) is 9.91. The third-order valence-corrected chi connectivity index (χ3v) is 2.45. The Labute approximate surface area is 104 Å². The van der Waals surface area contributed by atoms with Gasteiger partial charge in [-0.05, 0) is 13.0 Å². The van der Waals surface area contributed by atoms with E-state index in [-0.39, 0.29) is 5.16 Å². The van der Waals surface area contributed by atoms with Gasteiger partial charge in [-0.1, -0.05) is 17.7 Å². The first-order chi connectivity index (χ1) is 8.19. The zero-order chi connectivity index (χ0) is 12.3. The fourth-order valence-corrected chi connectivity index (χ4v) is 1.58. The number of aliphatic imine (C=N–C) groups is 1. The summed E-state index contributed by atoms with van der Waals surface area (Å²) >= 11 is 5.94. The second-order valence-electron chi connectivity index (χ2n) is 3.54. The van der Waals surface area contributed by atoms with Crippen molar-refractivity contribution in [3.63, 3.8) is 0 Å². The van der Waals surface area contributed by atoms with E-state index in [1.165, 1.54) is 0 Å². The third-order valence-electron chi connectivity index (χ3n) is 2.15. The molecule has 1 aromatic rings. The number of rotatable bonds is 1. The number of H-pyrrole nitrogens is 1. The van der Waals surface area contributed by atoms with Crippen molar-refractivity contribution in [1.29, 1.82) is 5.26 Å². The van der Waals surface area contributed by atoms with E-state index < -0.39 is 0 Å². The van der Waals surface area contributed by atoms with E-state index in [9.17, 15) is 0 Å². The van der Waals surface area contributed by atoms with Gasteiger partial charge in [0.25, 0.3) is 0 Å². The highest BCUT2D eigenvalue weighted by atomic mass is 35.5. The van der Waals surface area contributed by atoms with Gasteiger partial charge >= 0.3 is 0 Å². The van der Waals surface area contributed by atoms with Crippen molar-refractivity contribution >= 4 is 23.3 Å². The van der Waals surface area contributed by atoms with Crippen LogP contribution in [0.5, 0.6) is 0 Å². The molecule has 0 aromatic carbocycles. The molecule has 6 heteroatoms. The molecule has 5 nitrogen and oxygen atoms in total. The third kappa shape index (κ3) is 2.74. The van der Waals surface area contributed by atoms with Crippen molar-refractivity contribution < 1.29 is 0 Å². The summed E-state index contributed by atoms with van der Waals surface area (Å²) < 4.78 is 0. The highest BCUT2D eigenvalue weighted by Crippen LogP contribution is 2.15. The molecule has 0 aliphatic carbocycles. The van der Waals surface area contributed by atoms with Gasteiger partial charge in [0.15, 0.2) is 5.82 Å². The number of nitrogens with one attached hydrogen (secondary N) is 2. The molecule has 0 saturated heterocycles. The van der Waals surface area contributed by atoms with Crippen LogP contribution in [0.4, 0.5) is 5.82 Å². The zero-order valence-electron chi connectivity index (χ0n) is 9.16. The lowest BCUT2D eigenvalue weighted by atomic mass is 10.3. The maximum atomic E-state index is 8.82. The van der Waals surface area contributed by atoms with Crippen molar-refractivity contribution in [2.45, 2.75) is 13.3 Å². The van der Waals surface area contributed by atoms with Crippen molar-refractivity contribution in [2.75, 3.05) is 0 Å². The number of aromatic nitrogens is 2. The van der Waals surface area contributed by atoms with Gasteiger partial charge in [0, 0.05) is 18.2 Å². The van der Waals surface area contributed by atoms with Gasteiger partial charge in [-0.2, -0.15) is 10.4 Å². The number of hydrogen-bond donors (Lipinski definition) is 2. The van der Waals surface area contributed by atoms with Gasteiger partial charge in [-0.25, -0.2) is 4.99 Å². The maximum Gasteiger partial charge on any atom is 0.175 e. The van der Waals surface area contributed by atoms with Crippen molar-refractivity contribution in [2.24, 2.45) is 4.99 Å². The first-order valence-corrected chi connectivity index (χ1v) is 5.40. The molecule has 1 aromatic heterocycles. The van der Waals surface area contributed by atoms with E-state index >= 15 is 0 Å². The maximum absolute atomic E-state index is 8.82. The van der Waals surface area contributed by atoms with Crippen molar-refractivity contribution in [1.82, 2.24) is 15.5 Å². The minimum absolute atomic E-state index is 0.284. The highest BCUT2D eigenvalue weighted by Gasteiger charge is 2.09. The van der Waals surface area contributed by atoms with Crippen LogP contribution in [0.25, 0.3) is 0 Å². The van der Waals surface area contributed by atoms with Gasteiger partial charge in [0.1, 0.15) is 17.1 Å². The van der Waals surface area contributed by atoms with E-state index in [1.807, 2.05) is 25.1 Å². The lowest BCUT2D eigenvalue weighted by Gasteiger charge is -2.03. The number of nitrogens with zero attached hydrogens (tertiary/aromatic N) is 3. The van der Waals surface area contributed by atoms with Crippen LogP contribution < -0.4 is 5.32 Å². The number of nitriles is 1. The first kappa shape index (κ1) is 11.4. The average Bonchev–Trinajstić information content (AvgIpc) is 2.60. The molecule has 1 aliphatic rings. The van der Waals surface area contributed by atoms with Crippen LogP contribution in [0, 0.1) is 18.3 Å². The standard InChI is InChI=1S/C11H10ClN5/c1-7-5-10(17-16-7)14-9-4-2-3-8(6-13)11(12)15-9/h2-3,5H,4H2,1H3,(H2,14,15,16,17). The second kappa shape index (κ2) is 4.85. The molecule has 2 heterocycles. The van der Waals surface area contributed by atoms with E-state index in [0.29, 0.717) is 23.6 Å². The number of allylic oxidation sites excluding steroid dienone is 2. The minimum Gasteiger partial charge on any atom is -0.333 e. The molecule has 0 unspecified atom stereocenters. The molecule has 0 bridgehead atoms. The summed E-state index contributed by atoms with van der Waals surface area (Å²) in [6, 6.07) is 3.83. The van der Waals surface area contributed by atoms with Crippen LogP contribution in [-0.2, 0) is 0 Å². The fraction of sp³-hybridized carbons (Fsp3) is 0.182. The Morgan fingerprint density at radius 2 is 2.41 bits per heavy atom. The van der Waals surface area contributed by atoms with Crippen LogP contribution in [0.3, 0.4) is 0 Å². The SMILES string of the molecule is Cc1cc(N=C2CC=CC(C#N)=C(Cl)N2)n[nH]1. The van der Waals surface area contributed by atoms with E-state index in [2.05, 4.69) is 20.5 Å². The predicted molar refractivity (Wildman–Crippen MR) is 65.8 cm³/mol. The second-order valence-corrected chi connectivity index (χ2v) is 3.92. The molecular formula is C11H10ClN5. The molecule has 0 spiro atoms. The van der Waals surface area contributed by atoms with E-state index in [4.69, 9.17) is 16.9 Å². The normalized spacial score (nSPS) is 17.8. The van der Waals surface area contributed by atoms with Crippen molar-refractivity contribution in [3.8, 4) is 6.07 Å². The molecule has 1 aliphatic heterocycles. The Morgan fingerprint density at radius 1 is 1.59 bits per heavy atom. The minimum atomic E-state index is 0.284. The smallest absolute Gasteiger partial charge is 0.175 e. The Bertz CT molecular complexity index is 559. The fourth-order valence-electron chi connectivity index (χ4n) is 1.37. The molecule has 2 rings (SSSR count). The molecule has 0 radical (unpaired) electrons. The number of halogens is 1. The van der Waals surface area contributed by atoms with E-state index in [1.54, 1.807) is 6.08 Å². The summed E-state index contributed by atoms with van der Waals surface area (Å²) in [5.74, 6) is 1.24. The number of hydrogen-bond acceptors (Lipinski definition) is 3. The molecule has 0 saturated carbocycles. The van der Waals surface area contributed by atoms with Gasteiger partial charge in [-0.3, -0.25) is 5.10 Å². The van der Waals surface area contributed by atoms with Crippen LogP contribution in [-0.4, -0.2) is 16.0 Å². The monoisotopic (exact) mass is 247 g/mol. The van der Waals surface area contributed by atoms with Gasteiger partial charge in [0.05, 0.1) is 5.57 Å². The summed E-state index contributed by atoms with van der Waals surface area (Å²) in [5, 5.41) is 18.8. The van der Waals surface area contributed by atoms with Gasteiger partial charge < -0.3 is 5.32 Å². The van der Waals surface area contributed by atoms with E-state index in [0.717, 1.165) is 5.69 Å². The molecular weight excluding hydrogens is 238 g/mol. The van der Waals surface area contributed by atoms with Crippen LogP contribution in [0.1, 0.15) is 12.1 Å². The largest absolute Gasteiger partial charge is 0.333 e. The molecule has 0 amide bonds. The Hall–Kier alpha value is -2.06. The molecule has 0 fully saturated rings. The first-order valence-electron chi connectivity index (χ1n) is 5.02. The average molecular weight is 248 g/mol. The summed E-state index contributed by atoms with van der Waals surface area (Å²) in [5.41, 5.74) is 1.34. The number of aromatic amines is 1. The summed E-state index contributed by atoms with van der Waals surface area (Å²) in [6.45, 7) is 1.90. The Balaban J connectivity index is 2.26. The Morgan fingerprint density at radius 3 is 3.06 bits per heavy atom. The van der Waals surface area contributed by atoms with Gasteiger partial charge in [0.2, 0.25) is 0 Å².